The van der Waals surface area contributed by atoms with Crippen molar-refractivity contribution < 1.29 is 14.4 Å². The molecule has 2 aromatic carbocycles. The van der Waals surface area contributed by atoms with E-state index in [1.54, 1.807) is 12.1 Å². The van der Waals surface area contributed by atoms with Crippen molar-refractivity contribution >= 4 is 48.8 Å². The molecule has 0 aliphatic rings. The summed E-state index contributed by atoms with van der Waals surface area (Å²) in [5.74, 6) is -1.09. The number of nitrogens with two attached hydrogens (primary N) is 1. The number of aryl methyl sites for hydroxylation is 2. The maximum absolute atomic E-state index is 12.1. The highest BCUT2D eigenvalue weighted by atomic mass is 35.5. The van der Waals surface area contributed by atoms with E-state index in [2.05, 4.69) is 18.1 Å². The Labute approximate surface area is 157 Å². The first kappa shape index (κ1) is 20.5. The lowest BCUT2D eigenvalue weighted by atomic mass is 10.1. The summed E-state index contributed by atoms with van der Waals surface area (Å²) in [6.45, 7) is 3.83. The second kappa shape index (κ2) is 8.55. The fourth-order valence-corrected chi connectivity index (χ4v) is 2.17. The average molecular weight is 380 g/mol. The molecule has 0 saturated carbocycles. The molecule has 3 N–H and O–H groups in total. The van der Waals surface area contributed by atoms with Crippen molar-refractivity contribution in [1.29, 1.82) is 0 Å². The number of carbonyl (C=O) groups excluding carboxylic acids is 3. The van der Waals surface area contributed by atoms with E-state index in [0.717, 1.165) is 15.4 Å². The minimum atomic E-state index is -0.701. The zero-order valence-corrected chi connectivity index (χ0v) is 15.4. The van der Waals surface area contributed by atoms with Crippen molar-refractivity contribution in [2.45, 2.75) is 13.8 Å². The molecule has 0 atom stereocenters. The van der Waals surface area contributed by atoms with Gasteiger partial charge in [0.25, 0.3) is 5.91 Å². The Morgan fingerprint density at radius 3 is 2.04 bits per heavy atom. The Morgan fingerprint density at radius 2 is 1.52 bits per heavy atom. The fourth-order valence-electron chi connectivity index (χ4n) is 1.99. The van der Waals surface area contributed by atoms with Crippen LogP contribution in [-0.2, 0) is 0 Å². The highest BCUT2D eigenvalue weighted by molar-refractivity contribution is 7.82. The predicted molar refractivity (Wildman–Crippen MR) is 102 cm³/mol. The van der Waals surface area contributed by atoms with Gasteiger partial charge in [-0.2, -0.15) is 0 Å². The Bertz CT molecular complexity index is 809. The van der Waals surface area contributed by atoms with Gasteiger partial charge in [-0.05, 0) is 61.4 Å². The number of urea groups is 1. The van der Waals surface area contributed by atoms with Crippen molar-refractivity contribution in [2.24, 2.45) is 5.73 Å². The van der Waals surface area contributed by atoms with Crippen LogP contribution in [0, 0.1) is 13.8 Å². The summed E-state index contributed by atoms with van der Waals surface area (Å²) in [6, 6.07) is 10.4. The van der Waals surface area contributed by atoms with Crippen molar-refractivity contribution in [3.8, 4) is 0 Å². The van der Waals surface area contributed by atoms with Gasteiger partial charge in [0.05, 0.1) is 5.69 Å². The quantitative estimate of drug-likeness (QED) is 0.715. The van der Waals surface area contributed by atoms with Crippen LogP contribution in [0.25, 0.3) is 0 Å². The number of hydrogen-bond acceptors (Lipinski definition) is 4. The molecule has 132 valence electrons. The molecule has 0 fully saturated rings. The summed E-state index contributed by atoms with van der Waals surface area (Å²) in [5.41, 5.74) is 8.27. The monoisotopic (exact) mass is 379 g/mol. The number of halogens is 1. The molecular weight excluding hydrogens is 362 g/mol. The molecule has 0 unspecified atom stereocenters. The molecule has 0 aliphatic heterocycles. The summed E-state index contributed by atoms with van der Waals surface area (Å²) < 4.78 is 0.976. The van der Waals surface area contributed by atoms with Crippen LogP contribution >= 0.6 is 25.2 Å². The fraction of sp³-hybridized carbons (Fsp3) is 0.118. The average Bonchev–Trinajstić information content (AvgIpc) is 2.56. The van der Waals surface area contributed by atoms with Crippen LogP contribution in [0.5, 0.6) is 0 Å². The number of thiol groups is 1. The van der Waals surface area contributed by atoms with Crippen molar-refractivity contribution in [2.75, 3.05) is 4.31 Å². The number of amides is 4. The van der Waals surface area contributed by atoms with E-state index in [9.17, 15) is 14.4 Å². The molecule has 4 amide bonds. The van der Waals surface area contributed by atoms with Crippen LogP contribution in [0.1, 0.15) is 31.8 Å². The van der Waals surface area contributed by atoms with Crippen molar-refractivity contribution in [3.05, 3.63) is 64.7 Å². The van der Waals surface area contributed by atoms with E-state index >= 15 is 0 Å². The number of rotatable bonds is 3. The third-order valence-corrected chi connectivity index (χ3v) is 3.99. The van der Waals surface area contributed by atoms with Crippen LogP contribution in [0.4, 0.5) is 10.5 Å². The summed E-state index contributed by atoms with van der Waals surface area (Å²) in [5, 5.41) is 2.26. The van der Waals surface area contributed by atoms with Gasteiger partial charge in [0.1, 0.15) is 0 Å². The Balaban J connectivity index is 0.00000312. The maximum atomic E-state index is 12.1. The minimum absolute atomic E-state index is 0. The molecule has 0 heterocycles. The lowest BCUT2D eigenvalue weighted by molar-refractivity contribution is 0.0964. The van der Waals surface area contributed by atoms with Crippen LogP contribution in [-0.4, -0.2) is 17.8 Å². The Kier molecular flexibility index (Phi) is 7.02. The van der Waals surface area contributed by atoms with Gasteiger partial charge in [-0.25, -0.2) is 9.10 Å². The number of primary amides is 1. The SMILES string of the molecule is Cc1ccc(C(=O)NC(=O)N(S)c2ccc(C(N)=O)cc2)cc1C.Cl. The summed E-state index contributed by atoms with van der Waals surface area (Å²) in [6.07, 6.45) is 0. The number of carbonyl (C=O) groups is 3. The molecule has 0 spiro atoms. The minimum Gasteiger partial charge on any atom is -0.366 e. The normalized spacial score (nSPS) is 9.72. The smallest absolute Gasteiger partial charge is 0.338 e. The predicted octanol–water partition coefficient (Wildman–Crippen LogP) is 3.03. The molecule has 25 heavy (non-hydrogen) atoms. The van der Waals surface area contributed by atoms with Gasteiger partial charge in [-0.3, -0.25) is 14.9 Å². The molecule has 0 bridgehead atoms. The van der Waals surface area contributed by atoms with Crippen LogP contribution < -0.4 is 15.4 Å². The first-order valence-corrected chi connectivity index (χ1v) is 7.51. The van der Waals surface area contributed by atoms with Gasteiger partial charge >= 0.3 is 6.03 Å². The maximum Gasteiger partial charge on any atom is 0.338 e. The summed E-state index contributed by atoms with van der Waals surface area (Å²) in [7, 11) is 0. The van der Waals surface area contributed by atoms with Gasteiger partial charge < -0.3 is 5.73 Å². The van der Waals surface area contributed by atoms with Crippen LogP contribution in [0.3, 0.4) is 0 Å². The van der Waals surface area contributed by atoms with Crippen LogP contribution in [0.15, 0.2) is 42.5 Å². The van der Waals surface area contributed by atoms with Gasteiger partial charge in [-0.1, -0.05) is 18.9 Å². The first-order chi connectivity index (χ1) is 11.3. The molecular formula is C17H18ClN3O3S. The van der Waals surface area contributed by atoms with E-state index in [1.807, 2.05) is 19.9 Å². The largest absolute Gasteiger partial charge is 0.366 e. The van der Waals surface area contributed by atoms with Crippen LogP contribution in [0.2, 0.25) is 0 Å². The number of nitrogens with zero attached hydrogens (tertiary/aromatic N) is 1. The molecule has 8 heteroatoms. The molecule has 2 rings (SSSR count). The summed E-state index contributed by atoms with van der Waals surface area (Å²) in [4.78, 5) is 35.3. The first-order valence-electron chi connectivity index (χ1n) is 7.11. The second-order valence-corrected chi connectivity index (χ2v) is 5.68. The van der Waals surface area contributed by atoms with E-state index in [0.29, 0.717) is 16.8 Å². The highest BCUT2D eigenvalue weighted by Gasteiger charge is 2.17. The van der Waals surface area contributed by atoms with E-state index in [4.69, 9.17) is 5.73 Å². The number of imide groups is 1. The van der Waals surface area contributed by atoms with E-state index in [1.165, 1.54) is 24.3 Å². The number of anilines is 1. The Morgan fingerprint density at radius 1 is 0.960 bits per heavy atom. The third-order valence-electron chi connectivity index (χ3n) is 3.58. The molecule has 0 aliphatic carbocycles. The molecule has 0 aromatic heterocycles. The zero-order valence-electron chi connectivity index (χ0n) is 13.6. The number of benzene rings is 2. The van der Waals surface area contributed by atoms with Crippen molar-refractivity contribution in [1.82, 2.24) is 5.32 Å². The lowest BCUT2D eigenvalue weighted by Gasteiger charge is -2.16. The molecule has 0 saturated heterocycles. The van der Waals surface area contributed by atoms with E-state index in [-0.39, 0.29) is 12.4 Å². The van der Waals surface area contributed by atoms with Gasteiger partial charge in [-0.15, -0.1) is 12.4 Å². The topological polar surface area (TPSA) is 92.5 Å². The van der Waals surface area contributed by atoms with Crippen molar-refractivity contribution in [3.63, 3.8) is 0 Å². The lowest BCUT2D eigenvalue weighted by Crippen LogP contribution is -2.38. The Hall–Kier alpha value is -2.51. The standard InChI is InChI=1S/C17H17N3O3S.ClH/c1-10-3-4-13(9-11(10)2)16(22)19-17(23)20(24)14-7-5-12(6-8-14)15(18)21;/h3-9,24H,1-2H3,(H2,18,21)(H,19,22,23);1H. The third kappa shape index (κ3) is 4.98. The molecule has 0 radical (unpaired) electrons. The van der Waals surface area contributed by atoms with Gasteiger partial charge in [0.15, 0.2) is 0 Å². The van der Waals surface area contributed by atoms with Gasteiger partial charge in [0.2, 0.25) is 5.91 Å². The molecule has 6 nitrogen and oxygen atoms in total. The summed E-state index contributed by atoms with van der Waals surface area (Å²) >= 11 is 4.08. The van der Waals surface area contributed by atoms with E-state index < -0.39 is 17.8 Å². The molecule has 2 aromatic rings. The highest BCUT2D eigenvalue weighted by Crippen LogP contribution is 2.17. The second-order valence-electron chi connectivity index (χ2n) is 5.28. The zero-order chi connectivity index (χ0) is 17.9. The number of hydrogen-bond donors (Lipinski definition) is 3. The number of nitrogens with one attached hydrogen (secondary N) is 1. The van der Waals surface area contributed by atoms with Gasteiger partial charge in [0, 0.05) is 11.1 Å².